The molecular formula is C22H32IN5O. The second-order valence-electron chi connectivity index (χ2n) is 6.85. The van der Waals surface area contributed by atoms with E-state index in [9.17, 15) is 0 Å². The highest BCUT2D eigenvalue weighted by Gasteiger charge is 2.20. The molecule has 2 heterocycles. The van der Waals surface area contributed by atoms with Crippen LogP contribution in [-0.2, 0) is 6.42 Å². The first-order valence-electron chi connectivity index (χ1n) is 10.1. The fourth-order valence-corrected chi connectivity index (χ4v) is 3.37. The van der Waals surface area contributed by atoms with E-state index in [1.165, 1.54) is 5.56 Å². The molecule has 2 aromatic rings. The molecular weight excluding hydrogens is 477 g/mol. The Balaban J connectivity index is 0.00000300. The van der Waals surface area contributed by atoms with Gasteiger partial charge in [0.1, 0.15) is 11.6 Å². The average Bonchev–Trinajstić information content (AvgIpc) is 2.77. The molecule has 1 fully saturated rings. The largest absolute Gasteiger partial charge is 0.497 e. The van der Waals surface area contributed by atoms with E-state index in [1.54, 1.807) is 7.11 Å². The molecule has 0 spiro atoms. The number of aromatic nitrogens is 1. The summed E-state index contributed by atoms with van der Waals surface area (Å²) in [7, 11) is 1.70. The number of hydrogen-bond acceptors (Lipinski definition) is 4. The third kappa shape index (κ3) is 7.06. The van der Waals surface area contributed by atoms with Gasteiger partial charge in [-0.3, -0.25) is 4.99 Å². The van der Waals surface area contributed by atoms with E-state index >= 15 is 0 Å². The maximum Gasteiger partial charge on any atom is 0.194 e. The van der Waals surface area contributed by atoms with Crippen LogP contribution in [0.2, 0.25) is 0 Å². The van der Waals surface area contributed by atoms with Crippen LogP contribution in [0.3, 0.4) is 0 Å². The molecule has 1 aromatic heterocycles. The van der Waals surface area contributed by atoms with Gasteiger partial charge in [0.25, 0.3) is 0 Å². The summed E-state index contributed by atoms with van der Waals surface area (Å²) in [6, 6.07) is 14.4. The van der Waals surface area contributed by atoms with Crippen LogP contribution in [0.1, 0.15) is 18.9 Å². The second kappa shape index (κ2) is 12.5. The number of nitrogens with zero attached hydrogens (tertiary/aromatic N) is 4. The molecule has 0 bridgehead atoms. The fraction of sp³-hybridized carbons (Fsp3) is 0.455. The van der Waals surface area contributed by atoms with Crippen molar-refractivity contribution in [1.82, 2.24) is 15.2 Å². The lowest BCUT2D eigenvalue weighted by Crippen LogP contribution is -2.52. The molecule has 29 heavy (non-hydrogen) atoms. The SMILES string of the molecule is CCNC(=NCCCc1ccc(OC)cc1)N1CCN(c2ccccn2)CC1.I. The molecule has 0 radical (unpaired) electrons. The molecule has 0 amide bonds. The van der Waals surface area contributed by atoms with Gasteiger partial charge in [-0.15, -0.1) is 24.0 Å². The number of benzene rings is 1. The Labute approximate surface area is 191 Å². The van der Waals surface area contributed by atoms with Crippen molar-refractivity contribution >= 4 is 35.8 Å². The lowest BCUT2D eigenvalue weighted by Gasteiger charge is -2.37. The summed E-state index contributed by atoms with van der Waals surface area (Å²) in [5.74, 6) is 2.99. The van der Waals surface area contributed by atoms with E-state index in [2.05, 4.69) is 45.2 Å². The van der Waals surface area contributed by atoms with Crippen LogP contribution in [0.4, 0.5) is 5.82 Å². The maximum absolute atomic E-state index is 5.21. The minimum Gasteiger partial charge on any atom is -0.497 e. The number of aryl methyl sites for hydroxylation is 1. The quantitative estimate of drug-likeness (QED) is 0.268. The zero-order chi connectivity index (χ0) is 19.6. The van der Waals surface area contributed by atoms with E-state index in [-0.39, 0.29) is 24.0 Å². The van der Waals surface area contributed by atoms with Gasteiger partial charge in [-0.1, -0.05) is 18.2 Å². The summed E-state index contributed by atoms with van der Waals surface area (Å²) in [6.45, 7) is 7.69. The summed E-state index contributed by atoms with van der Waals surface area (Å²) in [6.07, 6.45) is 3.92. The molecule has 0 aliphatic carbocycles. The number of nitrogens with one attached hydrogen (secondary N) is 1. The lowest BCUT2D eigenvalue weighted by atomic mass is 10.1. The molecule has 0 unspecified atom stereocenters. The number of rotatable bonds is 7. The van der Waals surface area contributed by atoms with Crippen LogP contribution in [0.15, 0.2) is 53.7 Å². The summed E-state index contributed by atoms with van der Waals surface area (Å²) in [4.78, 5) is 14.0. The number of pyridine rings is 1. The monoisotopic (exact) mass is 509 g/mol. The van der Waals surface area contributed by atoms with Crippen molar-refractivity contribution in [1.29, 1.82) is 0 Å². The van der Waals surface area contributed by atoms with Gasteiger partial charge in [0.05, 0.1) is 7.11 Å². The third-order valence-corrected chi connectivity index (χ3v) is 4.93. The number of halogens is 1. The van der Waals surface area contributed by atoms with Gasteiger partial charge in [-0.2, -0.15) is 0 Å². The molecule has 0 saturated carbocycles. The highest BCUT2D eigenvalue weighted by molar-refractivity contribution is 14.0. The highest BCUT2D eigenvalue weighted by atomic mass is 127. The first kappa shape index (κ1) is 23.3. The Morgan fingerprint density at radius 3 is 2.48 bits per heavy atom. The summed E-state index contributed by atoms with van der Waals surface area (Å²) in [5.41, 5.74) is 1.32. The molecule has 158 valence electrons. The van der Waals surface area contributed by atoms with Crippen LogP contribution in [-0.4, -0.2) is 62.2 Å². The van der Waals surface area contributed by atoms with Gasteiger partial charge in [-0.05, 0) is 49.6 Å². The number of piperazine rings is 1. The molecule has 1 saturated heterocycles. The van der Waals surface area contributed by atoms with E-state index < -0.39 is 0 Å². The van der Waals surface area contributed by atoms with Crippen LogP contribution in [0.5, 0.6) is 5.75 Å². The summed E-state index contributed by atoms with van der Waals surface area (Å²) < 4.78 is 5.21. The van der Waals surface area contributed by atoms with Gasteiger partial charge in [0, 0.05) is 45.5 Å². The average molecular weight is 509 g/mol. The number of anilines is 1. The minimum atomic E-state index is 0. The number of aliphatic imine (C=N–C) groups is 1. The number of hydrogen-bond donors (Lipinski definition) is 1. The molecule has 1 aromatic carbocycles. The maximum atomic E-state index is 5.21. The highest BCUT2D eigenvalue weighted by Crippen LogP contribution is 2.14. The van der Waals surface area contributed by atoms with Gasteiger partial charge in [-0.25, -0.2) is 4.98 Å². The van der Waals surface area contributed by atoms with Crippen molar-refractivity contribution < 1.29 is 4.74 Å². The van der Waals surface area contributed by atoms with Crippen molar-refractivity contribution in [3.8, 4) is 5.75 Å². The van der Waals surface area contributed by atoms with Crippen molar-refractivity contribution in [3.63, 3.8) is 0 Å². The topological polar surface area (TPSA) is 53.0 Å². The Kier molecular flexibility index (Phi) is 10.0. The zero-order valence-electron chi connectivity index (χ0n) is 17.4. The molecule has 7 heteroatoms. The molecule has 3 rings (SSSR count). The molecule has 0 atom stereocenters. The summed E-state index contributed by atoms with van der Waals surface area (Å²) in [5, 5.41) is 3.45. The van der Waals surface area contributed by atoms with Gasteiger partial charge >= 0.3 is 0 Å². The Morgan fingerprint density at radius 1 is 1.10 bits per heavy atom. The Hall–Kier alpha value is -2.03. The first-order chi connectivity index (χ1) is 13.8. The minimum absolute atomic E-state index is 0. The first-order valence-corrected chi connectivity index (χ1v) is 10.1. The van der Waals surface area contributed by atoms with Gasteiger partial charge in [0.2, 0.25) is 0 Å². The number of ether oxygens (including phenoxy) is 1. The Morgan fingerprint density at radius 2 is 1.86 bits per heavy atom. The molecule has 6 nitrogen and oxygen atoms in total. The standard InChI is InChI=1S/C22H31N5O.HI/c1-3-23-22(25-14-6-7-19-9-11-20(28-2)12-10-19)27-17-15-26(16-18-27)21-8-4-5-13-24-21;/h4-5,8-13H,3,6-7,14-18H2,1-2H3,(H,23,25);1H. The fourth-order valence-electron chi connectivity index (χ4n) is 3.37. The van der Waals surface area contributed by atoms with Crippen molar-refractivity contribution in [2.24, 2.45) is 4.99 Å². The number of guanidine groups is 1. The van der Waals surface area contributed by atoms with Crippen molar-refractivity contribution in [3.05, 3.63) is 54.2 Å². The van der Waals surface area contributed by atoms with E-state index in [0.717, 1.165) is 69.6 Å². The third-order valence-electron chi connectivity index (χ3n) is 4.93. The van der Waals surface area contributed by atoms with Crippen molar-refractivity contribution in [2.45, 2.75) is 19.8 Å². The second-order valence-corrected chi connectivity index (χ2v) is 6.85. The Bertz CT molecular complexity index is 731. The zero-order valence-corrected chi connectivity index (χ0v) is 19.7. The van der Waals surface area contributed by atoms with E-state index in [4.69, 9.17) is 9.73 Å². The predicted molar refractivity (Wildman–Crippen MR) is 131 cm³/mol. The van der Waals surface area contributed by atoms with Crippen molar-refractivity contribution in [2.75, 3.05) is 51.3 Å². The predicted octanol–water partition coefficient (Wildman–Crippen LogP) is 3.43. The molecule has 1 aliphatic heterocycles. The van der Waals surface area contributed by atoms with Crippen LogP contribution < -0.4 is 15.0 Å². The smallest absolute Gasteiger partial charge is 0.194 e. The van der Waals surface area contributed by atoms with Crippen LogP contribution in [0, 0.1) is 0 Å². The van der Waals surface area contributed by atoms with Crippen LogP contribution >= 0.6 is 24.0 Å². The molecule has 1 aliphatic rings. The number of methoxy groups -OCH3 is 1. The van der Waals surface area contributed by atoms with Gasteiger partial charge < -0.3 is 19.9 Å². The van der Waals surface area contributed by atoms with E-state index in [0.29, 0.717) is 0 Å². The normalized spacial score (nSPS) is 14.3. The summed E-state index contributed by atoms with van der Waals surface area (Å²) >= 11 is 0. The lowest BCUT2D eigenvalue weighted by molar-refractivity contribution is 0.371. The van der Waals surface area contributed by atoms with Gasteiger partial charge in [0.15, 0.2) is 5.96 Å². The van der Waals surface area contributed by atoms with Crippen LogP contribution in [0.25, 0.3) is 0 Å². The van der Waals surface area contributed by atoms with E-state index in [1.807, 2.05) is 30.5 Å². The molecule has 1 N–H and O–H groups in total.